The zero-order valence-corrected chi connectivity index (χ0v) is 19.7. The number of rotatable bonds is 16. The molecule has 0 saturated heterocycles. The standard InChI is InChI=1S/C24H38O4.V/c1-3-5-7-9-11-15-19-27-23(25)21-17-13-14-18-22(21)24(26)28-20-16-12-10-8-6-4-2;/h13-14,17-18H,3-12,15-16,19-20H2,1-2H3;. The third-order valence-corrected chi connectivity index (χ3v) is 4.83. The maximum atomic E-state index is 12.4. The fourth-order valence-electron chi connectivity index (χ4n) is 3.09. The summed E-state index contributed by atoms with van der Waals surface area (Å²) in [6, 6.07) is 6.74. The van der Waals surface area contributed by atoms with Gasteiger partial charge in [-0.1, -0.05) is 90.2 Å². The van der Waals surface area contributed by atoms with Crippen molar-refractivity contribution in [3.05, 3.63) is 35.4 Å². The van der Waals surface area contributed by atoms with Crippen molar-refractivity contribution in [3.8, 4) is 0 Å². The molecule has 1 rings (SSSR count). The minimum Gasteiger partial charge on any atom is -0.462 e. The van der Waals surface area contributed by atoms with Gasteiger partial charge in [0.25, 0.3) is 0 Å². The van der Waals surface area contributed by atoms with Crippen LogP contribution < -0.4 is 0 Å². The number of carbonyl (C=O) groups excluding carboxylic acids is 2. The predicted molar refractivity (Wildman–Crippen MR) is 114 cm³/mol. The molecule has 0 N–H and O–H groups in total. The van der Waals surface area contributed by atoms with Crippen LogP contribution in [0.1, 0.15) is 112 Å². The van der Waals surface area contributed by atoms with E-state index in [1.165, 1.54) is 51.4 Å². The molecule has 0 atom stereocenters. The van der Waals surface area contributed by atoms with Gasteiger partial charge < -0.3 is 9.47 Å². The Morgan fingerprint density at radius 2 is 0.966 bits per heavy atom. The van der Waals surface area contributed by atoms with E-state index in [1.54, 1.807) is 24.3 Å². The van der Waals surface area contributed by atoms with E-state index in [0.717, 1.165) is 25.7 Å². The summed E-state index contributed by atoms with van der Waals surface area (Å²) in [6.45, 7) is 5.17. The molecule has 0 amide bonds. The summed E-state index contributed by atoms with van der Waals surface area (Å²) in [6.07, 6.45) is 13.6. The van der Waals surface area contributed by atoms with E-state index in [2.05, 4.69) is 13.8 Å². The van der Waals surface area contributed by atoms with Crippen molar-refractivity contribution >= 4 is 11.9 Å². The molecule has 0 aliphatic rings. The number of unbranched alkanes of at least 4 members (excludes halogenated alkanes) is 10. The van der Waals surface area contributed by atoms with Crippen LogP contribution in [0.25, 0.3) is 0 Å². The summed E-state index contributed by atoms with van der Waals surface area (Å²) >= 11 is 0. The molecule has 5 heteroatoms. The second-order valence-electron chi connectivity index (χ2n) is 7.35. The third-order valence-electron chi connectivity index (χ3n) is 4.83. The zero-order valence-electron chi connectivity index (χ0n) is 18.3. The van der Waals surface area contributed by atoms with Gasteiger partial charge in [-0.2, -0.15) is 0 Å². The summed E-state index contributed by atoms with van der Waals surface area (Å²) in [4.78, 5) is 24.7. The smallest absolute Gasteiger partial charge is 0.339 e. The fourth-order valence-corrected chi connectivity index (χ4v) is 3.09. The van der Waals surface area contributed by atoms with E-state index in [1.807, 2.05) is 0 Å². The molecule has 0 aliphatic heterocycles. The minimum absolute atomic E-state index is 0. The van der Waals surface area contributed by atoms with Crippen LogP contribution in [0.5, 0.6) is 0 Å². The number of hydrogen-bond acceptors (Lipinski definition) is 4. The minimum atomic E-state index is -0.444. The van der Waals surface area contributed by atoms with Crippen molar-refractivity contribution in [2.75, 3.05) is 13.2 Å². The summed E-state index contributed by atoms with van der Waals surface area (Å²) in [5.41, 5.74) is 0.586. The Labute approximate surface area is 189 Å². The zero-order chi connectivity index (χ0) is 20.5. The molecule has 0 aromatic heterocycles. The maximum Gasteiger partial charge on any atom is 0.339 e. The molecule has 1 aromatic carbocycles. The fraction of sp³-hybridized carbons (Fsp3) is 0.667. The summed E-state index contributed by atoms with van der Waals surface area (Å²) in [5.74, 6) is -0.888. The Morgan fingerprint density at radius 3 is 1.34 bits per heavy atom. The van der Waals surface area contributed by atoms with Crippen LogP contribution in [0, 0.1) is 0 Å². The summed E-state index contributed by atoms with van der Waals surface area (Å²) in [7, 11) is 0. The molecule has 29 heavy (non-hydrogen) atoms. The van der Waals surface area contributed by atoms with Gasteiger partial charge >= 0.3 is 11.9 Å². The second kappa shape index (κ2) is 18.8. The summed E-state index contributed by atoms with van der Waals surface area (Å²) in [5, 5.41) is 0. The summed E-state index contributed by atoms with van der Waals surface area (Å²) < 4.78 is 10.7. The van der Waals surface area contributed by atoms with Crippen LogP contribution in [-0.4, -0.2) is 25.2 Å². The Balaban J connectivity index is 0.00000784. The van der Waals surface area contributed by atoms with E-state index in [9.17, 15) is 9.59 Å². The van der Waals surface area contributed by atoms with Crippen molar-refractivity contribution in [3.63, 3.8) is 0 Å². The molecule has 4 nitrogen and oxygen atoms in total. The first-order chi connectivity index (χ1) is 13.7. The van der Waals surface area contributed by atoms with Gasteiger partial charge in [0.15, 0.2) is 0 Å². The normalized spacial score (nSPS) is 10.3. The number of esters is 2. The van der Waals surface area contributed by atoms with Crippen molar-refractivity contribution in [2.24, 2.45) is 0 Å². The van der Waals surface area contributed by atoms with Crippen LogP contribution in [0.3, 0.4) is 0 Å². The van der Waals surface area contributed by atoms with Crippen LogP contribution in [0.4, 0.5) is 0 Å². The van der Waals surface area contributed by atoms with Crippen molar-refractivity contribution < 1.29 is 37.6 Å². The number of benzene rings is 1. The van der Waals surface area contributed by atoms with Gasteiger partial charge in [-0.05, 0) is 25.0 Å². The first-order valence-electron chi connectivity index (χ1n) is 11.1. The Kier molecular flexibility index (Phi) is 17.9. The van der Waals surface area contributed by atoms with Crippen molar-refractivity contribution in [2.45, 2.75) is 90.9 Å². The van der Waals surface area contributed by atoms with Gasteiger partial charge in [0.05, 0.1) is 24.3 Å². The average Bonchev–Trinajstić information content (AvgIpc) is 2.72. The van der Waals surface area contributed by atoms with Crippen molar-refractivity contribution in [1.29, 1.82) is 0 Å². The maximum absolute atomic E-state index is 12.4. The Hall–Kier alpha value is -1.26. The topological polar surface area (TPSA) is 52.6 Å². The molecule has 0 spiro atoms. The van der Waals surface area contributed by atoms with E-state index < -0.39 is 11.9 Å². The monoisotopic (exact) mass is 441 g/mol. The molecule has 1 radical (unpaired) electrons. The van der Waals surface area contributed by atoms with Crippen LogP contribution in [-0.2, 0) is 28.0 Å². The number of carbonyl (C=O) groups is 2. The SMILES string of the molecule is CCCCCCCCOC(=O)c1ccccc1C(=O)OCCCCCCCC.[V]. The van der Waals surface area contributed by atoms with Gasteiger partial charge in [0, 0.05) is 18.6 Å². The third kappa shape index (κ3) is 12.8. The van der Waals surface area contributed by atoms with Gasteiger partial charge in [-0.15, -0.1) is 0 Å². The molecule has 0 heterocycles. The Morgan fingerprint density at radius 1 is 0.621 bits per heavy atom. The predicted octanol–water partition coefficient (Wildman–Crippen LogP) is 6.72. The van der Waals surface area contributed by atoms with Crippen molar-refractivity contribution in [1.82, 2.24) is 0 Å². The Bertz CT molecular complexity index is 511. The molecule has 1 aromatic rings. The molecule has 0 fully saturated rings. The number of ether oxygens (including phenoxy) is 2. The molecular formula is C24H38O4V. The van der Waals surface area contributed by atoms with Gasteiger partial charge in [-0.25, -0.2) is 9.59 Å². The molecule has 0 unspecified atom stereocenters. The first-order valence-corrected chi connectivity index (χ1v) is 11.1. The van der Waals surface area contributed by atoms with Gasteiger partial charge in [-0.3, -0.25) is 0 Å². The molecular weight excluding hydrogens is 403 g/mol. The van der Waals surface area contributed by atoms with Crippen LogP contribution in [0.15, 0.2) is 24.3 Å². The first kappa shape index (κ1) is 27.7. The van der Waals surface area contributed by atoms with Gasteiger partial charge in [0.2, 0.25) is 0 Å². The van der Waals surface area contributed by atoms with E-state index in [4.69, 9.17) is 9.47 Å². The number of hydrogen-bond donors (Lipinski definition) is 0. The van der Waals surface area contributed by atoms with E-state index >= 15 is 0 Å². The van der Waals surface area contributed by atoms with Crippen LogP contribution >= 0.6 is 0 Å². The molecule has 163 valence electrons. The largest absolute Gasteiger partial charge is 0.462 e. The second-order valence-corrected chi connectivity index (χ2v) is 7.35. The van der Waals surface area contributed by atoms with Crippen LogP contribution in [0.2, 0.25) is 0 Å². The molecule has 0 aliphatic carbocycles. The van der Waals surface area contributed by atoms with E-state index in [-0.39, 0.29) is 18.6 Å². The quantitative estimate of drug-likeness (QED) is 0.211. The van der Waals surface area contributed by atoms with E-state index in [0.29, 0.717) is 24.3 Å². The van der Waals surface area contributed by atoms with Gasteiger partial charge in [0.1, 0.15) is 0 Å². The average molecular weight is 442 g/mol. The molecule has 0 bridgehead atoms. The molecule has 0 saturated carbocycles.